The summed E-state index contributed by atoms with van der Waals surface area (Å²) >= 11 is 1.26. The molecule has 5 nitrogen and oxygen atoms in total. The first-order valence-corrected chi connectivity index (χ1v) is 10.5. The van der Waals surface area contributed by atoms with E-state index < -0.39 is 10.7 Å². The van der Waals surface area contributed by atoms with Gasteiger partial charge in [-0.05, 0) is 55.7 Å². The number of aliphatic carboxylic acids is 1. The van der Waals surface area contributed by atoms with Crippen molar-refractivity contribution in [1.82, 2.24) is 14.5 Å². The van der Waals surface area contributed by atoms with Gasteiger partial charge in [-0.1, -0.05) is 42.1 Å². The van der Waals surface area contributed by atoms with Crippen LogP contribution in [0.4, 0.5) is 0 Å². The molecule has 2 aromatic heterocycles. The largest absolute Gasteiger partial charge is 0.480 e. The van der Waals surface area contributed by atoms with Crippen LogP contribution in [0.5, 0.6) is 0 Å². The van der Waals surface area contributed by atoms with Gasteiger partial charge < -0.3 is 5.11 Å². The first kappa shape index (κ1) is 18.2. The summed E-state index contributed by atoms with van der Waals surface area (Å²) in [6, 6.07) is 14.7. The number of imidazole rings is 1. The lowest BCUT2D eigenvalue weighted by atomic mass is 9.99. The van der Waals surface area contributed by atoms with E-state index in [1.165, 1.54) is 35.6 Å². The standard InChI is InChI=1S/C23H21N3O2S/c1-23(2,21(27)28)29-22-25-18-11-12-24-13-20(18)26(22)19-10-9-15(14-7-8-14)16-5-3-4-6-17(16)19/h3-6,9-14H,7-8H2,1-2H3,(H,27,28). The molecule has 1 saturated carbocycles. The lowest BCUT2D eigenvalue weighted by Crippen LogP contribution is -2.27. The van der Waals surface area contributed by atoms with E-state index in [4.69, 9.17) is 4.98 Å². The van der Waals surface area contributed by atoms with E-state index in [1.807, 2.05) is 12.1 Å². The summed E-state index contributed by atoms with van der Waals surface area (Å²) in [7, 11) is 0. The van der Waals surface area contributed by atoms with Crippen LogP contribution >= 0.6 is 11.8 Å². The minimum absolute atomic E-state index is 0.648. The fourth-order valence-corrected chi connectivity index (χ4v) is 4.70. The Balaban J connectivity index is 1.78. The molecular formula is C23H21N3O2S. The Morgan fingerprint density at radius 3 is 2.62 bits per heavy atom. The zero-order chi connectivity index (χ0) is 20.2. The van der Waals surface area contributed by atoms with Gasteiger partial charge >= 0.3 is 5.97 Å². The van der Waals surface area contributed by atoms with Gasteiger partial charge in [0.1, 0.15) is 4.75 Å². The van der Waals surface area contributed by atoms with Crippen LogP contribution < -0.4 is 0 Å². The van der Waals surface area contributed by atoms with E-state index in [2.05, 4.69) is 39.9 Å². The second-order valence-electron chi connectivity index (χ2n) is 8.01. The monoisotopic (exact) mass is 403 g/mol. The Morgan fingerprint density at radius 1 is 1.14 bits per heavy atom. The number of nitrogens with zero attached hydrogens (tertiary/aromatic N) is 3. The number of carboxylic acids is 1. The molecule has 1 N–H and O–H groups in total. The fraction of sp³-hybridized carbons (Fsp3) is 0.261. The first-order chi connectivity index (χ1) is 14.0. The summed E-state index contributed by atoms with van der Waals surface area (Å²) in [5.74, 6) is -0.219. The summed E-state index contributed by atoms with van der Waals surface area (Å²) in [4.78, 5) is 20.8. The number of hydrogen-bond acceptors (Lipinski definition) is 4. The summed E-state index contributed by atoms with van der Waals surface area (Å²) in [5, 5.41) is 12.7. The Hall–Kier alpha value is -2.86. The molecule has 6 heteroatoms. The highest BCUT2D eigenvalue weighted by molar-refractivity contribution is 8.01. The van der Waals surface area contributed by atoms with Gasteiger partial charge in [-0.2, -0.15) is 0 Å². The van der Waals surface area contributed by atoms with Crippen LogP contribution in [0.1, 0.15) is 38.2 Å². The third kappa shape index (κ3) is 3.08. The molecular weight excluding hydrogens is 382 g/mol. The summed E-state index contributed by atoms with van der Waals surface area (Å²) in [6.07, 6.45) is 6.00. The average molecular weight is 404 g/mol. The molecule has 0 aliphatic heterocycles. The highest BCUT2D eigenvalue weighted by atomic mass is 32.2. The van der Waals surface area contributed by atoms with Crippen molar-refractivity contribution in [2.24, 2.45) is 0 Å². The maximum atomic E-state index is 11.8. The van der Waals surface area contributed by atoms with Gasteiger partial charge in [0.25, 0.3) is 0 Å². The molecule has 1 aliphatic carbocycles. The third-order valence-electron chi connectivity index (χ3n) is 5.48. The number of fused-ring (bicyclic) bond motifs is 2. The van der Waals surface area contributed by atoms with Gasteiger partial charge in [0.15, 0.2) is 5.16 Å². The fourth-order valence-electron chi connectivity index (χ4n) is 3.73. The number of carboxylic acid groups (broad SMARTS) is 1. The maximum Gasteiger partial charge on any atom is 0.319 e. The Labute approximate surface area is 172 Å². The molecule has 0 unspecified atom stereocenters. The van der Waals surface area contributed by atoms with Crippen molar-refractivity contribution < 1.29 is 9.90 Å². The van der Waals surface area contributed by atoms with Crippen molar-refractivity contribution in [1.29, 1.82) is 0 Å². The van der Waals surface area contributed by atoms with Crippen LogP contribution in [-0.2, 0) is 4.79 Å². The molecule has 1 fully saturated rings. The maximum absolute atomic E-state index is 11.8. The minimum Gasteiger partial charge on any atom is -0.480 e. The lowest BCUT2D eigenvalue weighted by Gasteiger charge is -2.20. The van der Waals surface area contributed by atoms with Crippen molar-refractivity contribution in [3.05, 3.63) is 60.4 Å². The van der Waals surface area contributed by atoms with E-state index in [9.17, 15) is 9.90 Å². The predicted octanol–water partition coefficient (Wildman–Crippen LogP) is 5.41. The smallest absolute Gasteiger partial charge is 0.319 e. The van der Waals surface area contributed by atoms with Crippen molar-refractivity contribution in [3.63, 3.8) is 0 Å². The van der Waals surface area contributed by atoms with Gasteiger partial charge in [-0.25, -0.2) is 4.98 Å². The van der Waals surface area contributed by atoms with Gasteiger partial charge in [0.2, 0.25) is 0 Å². The van der Waals surface area contributed by atoms with Gasteiger partial charge in [-0.15, -0.1) is 0 Å². The zero-order valence-electron chi connectivity index (χ0n) is 16.3. The number of pyridine rings is 1. The van der Waals surface area contributed by atoms with E-state index in [1.54, 1.807) is 26.2 Å². The van der Waals surface area contributed by atoms with E-state index in [0.29, 0.717) is 11.1 Å². The predicted molar refractivity (Wildman–Crippen MR) is 116 cm³/mol. The average Bonchev–Trinajstić information content (AvgIpc) is 3.48. The van der Waals surface area contributed by atoms with Crippen LogP contribution in [0.15, 0.2) is 60.0 Å². The Kier molecular flexibility index (Phi) is 4.13. The zero-order valence-corrected chi connectivity index (χ0v) is 17.1. The number of benzene rings is 2. The Bertz CT molecular complexity index is 1260. The minimum atomic E-state index is -1.00. The molecule has 5 rings (SSSR count). The van der Waals surface area contributed by atoms with Gasteiger partial charge in [-0.3, -0.25) is 14.3 Å². The Morgan fingerprint density at radius 2 is 1.90 bits per heavy atom. The van der Waals surface area contributed by atoms with Crippen LogP contribution in [0.3, 0.4) is 0 Å². The molecule has 0 radical (unpaired) electrons. The van der Waals surface area contributed by atoms with E-state index in [-0.39, 0.29) is 0 Å². The molecule has 2 heterocycles. The highest BCUT2D eigenvalue weighted by Gasteiger charge is 2.32. The molecule has 0 spiro atoms. The second-order valence-corrected chi connectivity index (χ2v) is 9.60. The number of aromatic nitrogens is 3. The lowest BCUT2D eigenvalue weighted by molar-refractivity contribution is -0.138. The second kappa shape index (κ2) is 6.59. The van der Waals surface area contributed by atoms with Gasteiger partial charge in [0.05, 0.1) is 22.9 Å². The topological polar surface area (TPSA) is 68.0 Å². The summed E-state index contributed by atoms with van der Waals surface area (Å²) in [6.45, 7) is 3.41. The van der Waals surface area contributed by atoms with Crippen LogP contribution in [-0.4, -0.2) is 30.4 Å². The van der Waals surface area contributed by atoms with Crippen molar-refractivity contribution in [3.8, 4) is 5.69 Å². The summed E-state index contributed by atoms with van der Waals surface area (Å²) < 4.78 is 1.05. The van der Waals surface area contributed by atoms with Crippen molar-refractivity contribution >= 4 is 39.5 Å². The third-order valence-corrected chi connectivity index (χ3v) is 6.62. The molecule has 2 aromatic carbocycles. The van der Waals surface area contributed by atoms with Crippen LogP contribution in [0, 0.1) is 0 Å². The highest BCUT2D eigenvalue weighted by Crippen LogP contribution is 2.45. The van der Waals surface area contributed by atoms with Crippen LogP contribution in [0.25, 0.3) is 27.5 Å². The quantitative estimate of drug-likeness (QED) is 0.452. The molecule has 146 valence electrons. The first-order valence-electron chi connectivity index (χ1n) is 9.72. The number of rotatable bonds is 5. The van der Waals surface area contributed by atoms with Crippen LogP contribution in [0.2, 0.25) is 0 Å². The molecule has 29 heavy (non-hydrogen) atoms. The molecule has 0 amide bonds. The number of carbonyl (C=O) groups is 1. The molecule has 0 saturated heterocycles. The normalized spacial score (nSPS) is 14.6. The molecule has 0 atom stereocenters. The molecule has 0 bridgehead atoms. The SMILES string of the molecule is CC(C)(Sc1nc2ccncc2n1-c1ccc(C2CC2)c2ccccc12)C(=O)O. The van der Waals surface area contributed by atoms with E-state index in [0.717, 1.165) is 22.1 Å². The number of hydrogen-bond donors (Lipinski definition) is 1. The van der Waals surface area contributed by atoms with E-state index >= 15 is 0 Å². The van der Waals surface area contributed by atoms with Crippen molar-refractivity contribution in [2.45, 2.75) is 42.5 Å². The number of thioether (sulfide) groups is 1. The van der Waals surface area contributed by atoms with Crippen molar-refractivity contribution in [2.75, 3.05) is 0 Å². The molecule has 1 aliphatic rings. The van der Waals surface area contributed by atoms with Gasteiger partial charge in [0, 0.05) is 11.6 Å². The molecule has 4 aromatic rings. The summed E-state index contributed by atoms with van der Waals surface area (Å²) in [5.41, 5.74) is 4.08.